The molecule has 0 saturated heterocycles. The Labute approximate surface area is 147 Å². The predicted octanol–water partition coefficient (Wildman–Crippen LogP) is 3.98. The zero-order chi connectivity index (χ0) is 17.6. The lowest BCUT2D eigenvalue weighted by Gasteiger charge is -2.14. The molecule has 0 spiro atoms. The highest BCUT2D eigenvalue weighted by Gasteiger charge is 2.18. The number of amides is 1. The van der Waals surface area contributed by atoms with Crippen molar-refractivity contribution in [3.8, 4) is 11.3 Å². The standard InChI is InChI=1S/C21H22N2O2/c1-15-19(21(24)22-13-8-14-25-2)17-11-6-7-12-18(17)23-20(15)16-9-4-3-5-10-16/h3-7,9-12H,8,13-14H2,1-2H3,(H,22,24). The van der Waals surface area contributed by atoms with Crippen LogP contribution in [0.25, 0.3) is 22.2 Å². The zero-order valence-corrected chi connectivity index (χ0v) is 14.6. The van der Waals surface area contributed by atoms with Gasteiger partial charge < -0.3 is 10.1 Å². The second kappa shape index (κ2) is 7.90. The number of rotatable bonds is 6. The third-order valence-electron chi connectivity index (χ3n) is 4.22. The Kier molecular flexibility index (Phi) is 5.41. The molecule has 128 valence electrons. The molecule has 3 rings (SSSR count). The number of nitrogens with one attached hydrogen (secondary N) is 1. The first-order chi connectivity index (χ1) is 12.2. The molecule has 1 amide bonds. The normalized spacial score (nSPS) is 10.8. The summed E-state index contributed by atoms with van der Waals surface area (Å²) >= 11 is 0. The van der Waals surface area contributed by atoms with Crippen LogP contribution in [-0.4, -0.2) is 31.2 Å². The fourth-order valence-electron chi connectivity index (χ4n) is 2.98. The van der Waals surface area contributed by atoms with Crippen LogP contribution in [0.4, 0.5) is 0 Å². The number of carbonyl (C=O) groups excluding carboxylic acids is 1. The topological polar surface area (TPSA) is 51.2 Å². The third-order valence-corrected chi connectivity index (χ3v) is 4.22. The molecule has 0 fully saturated rings. The molecule has 2 aromatic carbocycles. The zero-order valence-electron chi connectivity index (χ0n) is 14.6. The second-order valence-corrected chi connectivity index (χ2v) is 5.95. The van der Waals surface area contributed by atoms with Gasteiger partial charge in [0.2, 0.25) is 0 Å². The lowest BCUT2D eigenvalue weighted by molar-refractivity contribution is 0.0949. The Morgan fingerprint density at radius 3 is 2.56 bits per heavy atom. The van der Waals surface area contributed by atoms with Crippen LogP contribution in [0.2, 0.25) is 0 Å². The highest BCUT2D eigenvalue weighted by Crippen LogP contribution is 2.29. The van der Waals surface area contributed by atoms with Gasteiger partial charge in [-0.15, -0.1) is 0 Å². The van der Waals surface area contributed by atoms with Crippen LogP contribution in [0.3, 0.4) is 0 Å². The molecule has 1 heterocycles. The molecule has 0 radical (unpaired) electrons. The minimum Gasteiger partial charge on any atom is -0.385 e. The molecule has 0 saturated carbocycles. The Morgan fingerprint density at radius 1 is 1.08 bits per heavy atom. The van der Waals surface area contributed by atoms with Gasteiger partial charge in [-0.1, -0.05) is 48.5 Å². The summed E-state index contributed by atoms with van der Waals surface area (Å²) in [7, 11) is 1.66. The van der Waals surface area contributed by atoms with E-state index in [4.69, 9.17) is 9.72 Å². The molecule has 0 aliphatic carbocycles. The van der Waals surface area contributed by atoms with Gasteiger partial charge in [-0.2, -0.15) is 0 Å². The lowest BCUT2D eigenvalue weighted by atomic mass is 9.97. The van der Waals surface area contributed by atoms with E-state index in [0.717, 1.165) is 34.1 Å². The van der Waals surface area contributed by atoms with Crippen molar-refractivity contribution >= 4 is 16.8 Å². The summed E-state index contributed by atoms with van der Waals surface area (Å²) in [5.41, 5.74) is 4.28. The maximum Gasteiger partial charge on any atom is 0.252 e. The van der Waals surface area contributed by atoms with Crippen molar-refractivity contribution in [1.82, 2.24) is 10.3 Å². The van der Waals surface area contributed by atoms with Crippen LogP contribution in [0.1, 0.15) is 22.3 Å². The fraction of sp³-hybridized carbons (Fsp3) is 0.238. The highest BCUT2D eigenvalue weighted by molar-refractivity contribution is 6.08. The van der Waals surface area contributed by atoms with E-state index in [0.29, 0.717) is 18.7 Å². The average Bonchev–Trinajstić information content (AvgIpc) is 2.65. The van der Waals surface area contributed by atoms with Crippen molar-refractivity contribution in [2.45, 2.75) is 13.3 Å². The van der Waals surface area contributed by atoms with Gasteiger partial charge >= 0.3 is 0 Å². The number of para-hydroxylation sites is 1. The number of carbonyl (C=O) groups is 1. The first-order valence-electron chi connectivity index (χ1n) is 8.44. The van der Waals surface area contributed by atoms with E-state index in [2.05, 4.69) is 5.32 Å². The van der Waals surface area contributed by atoms with Gasteiger partial charge in [-0.3, -0.25) is 4.79 Å². The Hall–Kier alpha value is -2.72. The molecule has 0 unspecified atom stereocenters. The molecule has 0 aliphatic rings. The maximum absolute atomic E-state index is 12.8. The second-order valence-electron chi connectivity index (χ2n) is 5.95. The predicted molar refractivity (Wildman–Crippen MR) is 101 cm³/mol. The molecular weight excluding hydrogens is 312 g/mol. The van der Waals surface area contributed by atoms with Crippen molar-refractivity contribution in [2.24, 2.45) is 0 Å². The fourth-order valence-corrected chi connectivity index (χ4v) is 2.98. The summed E-state index contributed by atoms with van der Waals surface area (Å²) in [6.45, 7) is 3.18. The first kappa shape index (κ1) is 17.1. The molecule has 1 aromatic heterocycles. The summed E-state index contributed by atoms with van der Waals surface area (Å²) in [4.78, 5) is 17.6. The minimum absolute atomic E-state index is 0.0654. The monoisotopic (exact) mass is 334 g/mol. The molecule has 0 atom stereocenters. The van der Waals surface area contributed by atoms with Gasteiger partial charge in [-0.25, -0.2) is 4.98 Å². The van der Waals surface area contributed by atoms with E-state index in [1.54, 1.807) is 7.11 Å². The SMILES string of the molecule is COCCCNC(=O)c1c(C)c(-c2ccccc2)nc2ccccc12. The third kappa shape index (κ3) is 3.69. The summed E-state index contributed by atoms with van der Waals surface area (Å²) in [6, 6.07) is 17.8. The summed E-state index contributed by atoms with van der Waals surface area (Å²) in [6.07, 6.45) is 0.788. The Bertz CT molecular complexity index is 876. The van der Waals surface area contributed by atoms with E-state index in [9.17, 15) is 4.79 Å². The first-order valence-corrected chi connectivity index (χ1v) is 8.44. The molecule has 1 N–H and O–H groups in total. The maximum atomic E-state index is 12.8. The largest absolute Gasteiger partial charge is 0.385 e. The van der Waals surface area contributed by atoms with Crippen molar-refractivity contribution in [3.63, 3.8) is 0 Å². The molecule has 25 heavy (non-hydrogen) atoms. The number of nitrogens with zero attached hydrogens (tertiary/aromatic N) is 1. The van der Waals surface area contributed by atoms with E-state index >= 15 is 0 Å². The average molecular weight is 334 g/mol. The number of aromatic nitrogens is 1. The van der Waals surface area contributed by atoms with Gasteiger partial charge in [0.1, 0.15) is 0 Å². The van der Waals surface area contributed by atoms with Crippen molar-refractivity contribution in [2.75, 3.05) is 20.3 Å². The van der Waals surface area contributed by atoms with Crippen LogP contribution in [-0.2, 0) is 4.74 Å². The number of hydrogen-bond acceptors (Lipinski definition) is 3. The van der Waals surface area contributed by atoms with E-state index in [-0.39, 0.29) is 5.91 Å². The quantitative estimate of drug-likeness (QED) is 0.694. The molecule has 3 aromatic rings. The lowest BCUT2D eigenvalue weighted by Crippen LogP contribution is -2.26. The van der Waals surface area contributed by atoms with E-state index in [1.165, 1.54) is 0 Å². The number of benzene rings is 2. The summed E-state index contributed by atoms with van der Waals surface area (Å²) in [5.74, 6) is -0.0654. The van der Waals surface area contributed by atoms with Gasteiger partial charge in [0.25, 0.3) is 5.91 Å². The van der Waals surface area contributed by atoms with Gasteiger partial charge in [0, 0.05) is 31.2 Å². The number of methoxy groups -OCH3 is 1. The Morgan fingerprint density at radius 2 is 1.80 bits per heavy atom. The van der Waals surface area contributed by atoms with Crippen LogP contribution >= 0.6 is 0 Å². The van der Waals surface area contributed by atoms with Gasteiger partial charge in [0.05, 0.1) is 16.8 Å². The smallest absolute Gasteiger partial charge is 0.252 e. The minimum atomic E-state index is -0.0654. The van der Waals surface area contributed by atoms with Crippen LogP contribution in [0, 0.1) is 6.92 Å². The van der Waals surface area contributed by atoms with Crippen LogP contribution < -0.4 is 5.32 Å². The number of pyridine rings is 1. The highest BCUT2D eigenvalue weighted by atomic mass is 16.5. The van der Waals surface area contributed by atoms with Crippen molar-refractivity contribution in [3.05, 3.63) is 65.7 Å². The molecular formula is C21H22N2O2. The van der Waals surface area contributed by atoms with Crippen molar-refractivity contribution in [1.29, 1.82) is 0 Å². The number of ether oxygens (including phenoxy) is 1. The van der Waals surface area contributed by atoms with E-state index < -0.39 is 0 Å². The summed E-state index contributed by atoms with van der Waals surface area (Å²) < 4.78 is 5.04. The van der Waals surface area contributed by atoms with E-state index in [1.807, 2.05) is 61.5 Å². The van der Waals surface area contributed by atoms with Gasteiger partial charge in [-0.05, 0) is 25.0 Å². The van der Waals surface area contributed by atoms with Crippen LogP contribution in [0.15, 0.2) is 54.6 Å². The molecule has 4 heteroatoms. The van der Waals surface area contributed by atoms with Crippen LogP contribution in [0.5, 0.6) is 0 Å². The number of hydrogen-bond donors (Lipinski definition) is 1. The van der Waals surface area contributed by atoms with Gasteiger partial charge in [0.15, 0.2) is 0 Å². The van der Waals surface area contributed by atoms with Crippen molar-refractivity contribution < 1.29 is 9.53 Å². The molecule has 4 nitrogen and oxygen atoms in total. The molecule has 0 bridgehead atoms. The summed E-state index contributed by atoms with van der Waals surface area (Å²) in [5, 5.41) is 3.88. The molecule has 0 aliphatic heterocycles. The Balaban J connectivity index is 2.06. The number of fused-ring (bicyclic) bond motifs is 1.